The number of amides is 1. The van der Waals surface area contributed by atoms with Gasteiger partial charge in [0.25, 0.3) is 5.91 Å². The van der Waals surface area contributed by atoms with Gasteiger partial charge in [-0.25, -0.2) is 9.99 Å². The molecule has 0 atom stereocenters. The van der Waals surface area contributed by atoms with Crippen molar-refractivity contribution in [2.24, 2.45) is 0 Å². The summed E-state index contributed by atoms with van der Waals surface area (Å²) in [5.41, 5.74) is 3.48. The number of aromatic nitrogens is 1. The molecule has 0 radical (unpaired) electrons. The van der Waals surface area contributed by atoms with Gasteiger partial charge in [-0.3, -0.25) is 10.2 Å². The number of thiazole rings is 1. The van der Waals surface area contributed by atoms with Gasteiger partial charge in [0.1, 0.15) is 5.69 Å². The fourth-order valence-electron chi connectivity index (χ4n) is 1.85. The summed E-state index contributed by atoms with van der Waals surface area (Å²) in [4.78, 5) is 19.5. The Hall–Kier alpha value is -0.980. The van der Waals surface area contributed by atoms with Crippen LogP contribution in [0.3, 0.4) is 0 Å². The Labute approximate surface area is 105 Å². The summed E-state index contributed by atoms with van der Waals surface area (Å²) >= 11 is 1.56. The summed E-state index contributed by atoms with van der Waals surface area (Å²) in [6.45, 7) is 7.55. The van der Waals surface area contributed by atoms with E-state index in [-0.39, 0.29) is 5.91 Å². The summed E-state index contributed by atoms with van der Waals surface area (Å²) in [7, 11) is 2.09. The molecule has 0 saturated carbocycles. The minimum absolute atomic E-state index is 0.0867. The van der Waals surface area contributed by atoms with E-state index in [1.807, 2.05) is 18.9 Å². The Balaban J connectivity index is 1.95. The average Bonchev–Trinajstić information content (AvgIpc) is 2.61. The number of piperazine rings is 1. The summed E-state index contributed by atoms with van der Waals surface area (Å²) < 4.78 is 0. The van der Waals surface area contributed by atoms with E-state index < -0.39 is 0 Å². The molecule has 0 unspecified atom stereocenters. The van der Waals surface area contributed by atoms with Crippen LogP contribution in [0, 0.1) is 13.8 Å². The number of hydrogen-bond donors (Lipinski definition) is 1. The molecule has 0 aromatic carbocycles. The molecule has 1 aromatic heterocycles. The fraction of sp³-hybridized carbons (Fsp3) is 0.636. The van der Waals surface area contributed by atoms with Crippen LogP contribution in [0.25, 0.3) is 0 Å². The van der Waals surface area contributed by atoms with Crippen molar-refractivity contribution in [1.82, 2.24) is 20.3 Å². The van der Waals surface area contributed by atoms with Crippen LogP contribution in [0.2, 0.25) is 0 Å². The second-order valence-corrected chi connectivity index (χ2v) is 5.78. The van der Waals surface area contributed by atoms with Gasteiger partial charge in [-0.15, -0.1) is 11.3 Å². The van der Waals surface area contributed by atoms with E-state index in [1.165, 1.54) is 0 Å². The third-order valence-corrected chi connectivity index (χ3v) is 3.77. The quantitative estimate of drug-likeness (QED) is 0.842. The molecule has 1 aromatic rings. The molecule has 1 aliphatic rings. The first kappa shape index (κ1) is 12.5. The molecule has 6 heteroatoms. The maximum atomic E-state index is 12.0. The summed E-state index contributed by atoms with van der Waals surface area (Å²) in [6, 6.07) is 0. The van der Waals surface area contributed by atoms with Crippen molar-refractivity contribution >= 4 is 17.2 Å². The minimum Gasteiger partial charge on any atom is -0.304 e. The van der Waals surface area contributed by atoms with Crippen LogP contribution in [0.5, 0.6) is 0 Å². The number of carbonyl (C=O) groups excluding carboxylic acids is 1. The van der Waals surface area contributed by atoms with Gasteiger partial charge in [0.05, 0.1) is 5.01 Å². The lowest BCUT2D eigenvalue weighted by Gasteiger charge is -2.32. The van der Waals surface area contributed by atoms with E-state index in [1.54, 1.807) is 11.3 Å². The lowest BCUT2D eigenvalue weighted by Crippen LogP contribution is -2.52. The predicted molar refractivity (Wildman–Crippen MR) is 68.1 cm³/mol. The number of carbonyl (C=O) groups is 1. The fourth-order valence-corrected chi connectivity index (χ4v) is 2.67. The number of nitrogens with zero attached hydrogens (tertiary/aromatic N) is 3. The molecular weight excluding hydrogens is 236 g/mol. The first-order valence-electron chi connectivity index (χ1n) is 5.75. The van der Waals surface area contributed by atoms with E-state index in [4.69, 9.17) is 0 Å². The van der Waals surface area contributed by atoms with Crippen LogP contribution in [0.4, 0.5) is 0 Å². The third kappa shape index (κ3) is 3.02. The maximum Gasteiger partial charge on any atom is 0.285 e. The van der Waals surface area contributed by atoms with Gasteiger partial charge < -0.3 is 4.90 Å². The molecule has 0 aliphatic carbocycles. The van der Waals surface area contributed by atoms with Crippen LogP contribution in [-0.4, -0.2) is 54.0 Å². The van der Waals surface area contributed by atoms with Crippen LogP contribution >= 0.6 is 11.3 Å². The van der Waals surface area contributed by atoms with Gasteiger partial charge in [-0.05, 0) is 20.9 Å². The first-order chi connectivity index (χ1) is 8.06. The highest BCUT2D eigenvalue weighted by Crippen LogP contribution is 2.16. The Kier molecular flexibility index (Phi) is 3.76. The zero-order valence-corrected chi connectivity index (χ0v) is 11.3. The minimum atomic E-state index is -0.0867. The first-order valence-corrected chi connectivity index (χ1v) is 6.56. The standard InChI is InChI=1S/C11H18N4OS/c1-8-10(12-9(2)17-8)11(16)13-15-6-4-14(3)5-7-15/h4-7H2,1-3H3,(H,13,16). The second-order valence-electron chi connectivity index (χ2n) is 4.37. The number of aryl methyl sites for hydroxylation is 2. The summed E-state index contributed by atoms with van der Waals surface area (Å²) in [5.74, 6) is -0.0867. The van der Waals surface area contributed by atoms with E-state index in [9.17, 15) is 4.79 Å². The van der Waals surface area contributed by atoms with Crippen molar-refractivity contribution in [2.75, 3.05) is 33.2 Å². The lowest BCUT2D eigenvalue weighted by atomic mass is 10.3. The largest absolute Gasteiger partial charge is 0.304 e. The van der Waals surface area contributed by atoms with E-state index in [2.05, 4.69) is 22.4 Å². The molecule has 5 nitrogen and oxygen atoms in total. The molecule has 0 spiro atoms. The summed E-state index contributed by atoms with van der Waals surface area (Å²) in [6.07, 6.45) is 0. The number of likely N-dealkylation sites (N-methyl/N-ethyl adjacent to an activating group) is 1. The van der Waals surface area contributed by atoms with Gasteiger partial charge in [0, 0.05) is 31.1 Å². The van der Waals surface area contributed by atoms with Gasteiger partial charge >= 0.3 is 0 Å². The van der Waals surface area contributed by atoms with Gasteiger partial charge in [0.15, 0.2) is 0 Å². The van der Waals surface area contributed by atoms with Gasteiger partial charge in [0.2, 0.25) is 0 Å². The number of nitrogens with one attached hydrogen (secondary N) is 1. The van der Waals surface area contributed by atoms with Crippen molar-refractivity contribution in [3.8, 4) is 0 Å². The Bertz CT molecular complexity index is 410. The number of hydrazine groups is 1. The zero-order chi connectivity index (χ0) is 12.4. The van der Waals surface area contributed by atoms with E-state index in [0.717, 1.165) is 36.1 Å². The topological polar surface area (TPSA) is 48.5 Å². The Morgan fingerprint density at radius 3 is 2.47 bits per heavy atom. The highest BCUT2D eigenvalue weighted by Gasteiger charge is 2.19. The highest BCUT2D eigenvalue weighted by atomic mass is 32.1. The molecule has 2 heterocycles. The Morgan fingerprint density at radius 2 is 1.94 bits per heavy atom. The molecule has 1 fully saturated rings. The van der Waals surface area contributed by atoms with Crippen LogP contribution in [0.15, 0.2) is 0 Å². The predicted octanol–water partition coefficient (Wildman–Crippen LogP) is 0.652. The smallest absolute Gasteiger partial charge is 0.285 e. The molecule has 1 saturated heterocycles. The second kappa shape index (κ2) is 5.12. The van der Waals surface area contributed by atoms with Crippen molar-refractivity contribution < 1.29 is 4.79 Å². The van der Waals surface area contributed by atoms with Crippen molar-refractivity contribution in [3.05, 3.63) is 15.6 Å². The van der Waals surface area contributed by atoms with Crippen LogP contribution in [-0.2, 0) is 0 Å². The number of rotatable bonds is 2. The normalized spacial score (nSPS) is 18.3. The lowest BCUT2D eigenvalue weighted by molar-refractivity contribution is 0.0657. The maximum absolute atomic E-state index is 12.0. The van der Waals surface area contributed by atoms with Crippen LogP contribution in [0.1, 0.15) is 20.4 Å². The molecular formula is C11H18N4OS. The molecule has 17 heavy (non-hydrogen) atoms. The van der Waals surface area contributed by atoms with Crippen LogP contribution < -0.4 is 5.43 Å². The van der Waals surface area contributed by atoms with Crippen molar-refractivity contribution in [2.45, 2.75) is 13.8 Å². The van der Waals surface area contributed by atoms with Crippen molar-refractivity contribution in [1.29, 1.82) is 0 Å². The monoisotopic (exact) mass is 254 g/mol. The van der Waals surface area contributed by atoms with Gasteiger partial charge in [-0.1, -0.05) is 0 Å². The summed E-state index contributed by atoms with van der Waals surface area (Å²) in [5, 5.41) is 2.90. The SMILES string of the molecule is Cc1nc(C(=O)NN2CCN(C)CC2)c(C)s1. The highest BCUT2D eigenvalue weighted by molar-refractivity contribution is 7.11. The third-order valence-electron chi connectivity index (χ3n) is 2.88. The number of hydrogen-bond acceptors (Lipinski definition) is 5. The molecule has 94 valence electrons. The van der Waals surface area contributed by atoms with E-state index in [0.29, 0.717) is 5.69 Å². The van der Waals surface area contributed by atoms with Crippen molar-refractivity contribution in [3.63, 3.8) is 0 Å². The molecule has 0 bridgehead atoms. The average molecular weight is 254 g/mol. The molecule has 2 rings (SSSR count). The molecule has 1 amide bonds. The Morgan fingerprint density at radius 1 is 1.29 bits per heavy atom. The molecule has 1 N–H and O–H groups in total. The van der Waals surface area contributed by atoms with Gasteiger partial charge in [-0.2, -0.15) is 0 Å². The molecule has 1 aliphatic heterocycles. The zero-order valence-electron chi connectivity index (χ0n) is 10.5. The van der Waals surface area contributed by atoms with E-state index >= 15 is 0 Å².